The molecule has 0 aliphatic carbocycles. The summed E-state index contributed by atoms with van der Waals surface area (Å²) < 4.78 is 79.1. The Bertz CT molecular complexity index is 1790. The van der Waals surface area contributed by atoms with E-state index in [4.69, 9.17) is 0 Å². The lowest BCUT2D eigenvalue weighted by Crippen LogP contribution is -2.29. The van der Waals surface area contributed by atoms with Crippen molar-refractivity contribution in [3.63, 3.8) is 0 Å². The summed E-state index contributed by atoms with van der Waals surface area (Å²) in [6.07, 6.45) is 5.29. The summed E-state index contributed by atoms with van der Waals surface area (Å²) in [7, 11) is -8.03. The molecule has 0 atom stereocenters. The van der Waals surface area contributed by atoms with Crippen molar-refractivity contribution in [2.75, 3.05) is 11.0 Å². The topological polar surface area (TPSA) is 126 Å². The van der Waals surface area contributed by atoms with Gasteiger partial charge in [-0.2, -0.15) is 0 Å². The Kier molecular flexibility index (Phi) is 6.04. The van der Waals surface area contributed by atoms with Crippen molar-refractivity contribution >= 4 is 43.0 Å². The summed E-state index contributed by atoms with van der Waals surface area (Å²) in [5.74, 6) is -2.70. The van der Waals surface area contributed by atoms with Crippen LogP contribution in [0.2, 0.25) is 0 Å². The highest BCUT2D eigenvalue weighted by atomic mass is 32.2. The lowest BCUT2D eigenvalue weighted by atomic mass is 10.1. The predicted molar refractivity (Wildman–Crippen MR) is 133 cm³/mol. The van der Waals surface area contributed by atoms with Gasteiger partial charge in [0.05, 0.1) is 29.6 Å². The molecule has 2 aromatic heterocycles. The number of rotatable bonds is 6. The maximum absolute atomic E-state index is 14.0. The van der Waals surface area contributed by atoms with Crippen LogP contribution in [0, 0.1) is 11.6 Å². The summed E-state index contributed by atoms with van der Waals surface area (Å²) in [5, 5.41) is 0.586. The molecule has 0 fully saturated rings. The zero-order valence-electron chi connectivity index (χ0n) is 18.8. The number of sulfonamides is 2. The Morgan fingerprint density at radius 2 is 1.76 bits per heavy atom. The van der Waals surface area contributed by atoms with Gasteiger partial charge in [0.1, 0.15) is 21.5 Å². The lowest BCUT2D eigenvalue weighted by molar-refractivity contribution is 0.0880. The summed E-state index contributed by atoms with van der Waals surface area (Å²) in [5.41, 5.74) is 2.15. The van der Waals surface area contributed by atoms with Gasteiger partial charge < -0.3 is 0 Å². The first-order chi connectivity index (χ1) is 17.4. The quantitative estimate of drug-likeness (QED) is 0.378. The maximum atomic E-state index is 14.0. The third-order valence-corrected chi connectivity index (χ3v) is 9.09. The molecule has 0 saturated heterocycles. The van der Waals surface area contributed by atoms with Crippen molar-refractivity contribution in [1.29, 1.82) is 0 Å². The van der Waals surface area contributed by atoms with E-state index < -0.39 is 42.5 Å². The molecular weight excluding hydrogens is 546 g/mol. The molecule has 0 saturated carbocycles. The SMILES string of the molecule is CS(=O)(=O)N1Cc2cc(-c3ncc(-c4cncc(NS(=O)(=O)c5ccc(F)cc5F)c4)s3)ccc2C1=O. The molecule has 0 spiro atoms. The monoisotopic (exact) mass is 562 g/mol. The van der Waals surface area contributed by atoms with Crippen LogP contribution in [0.25, 0.3) is 21.0 Å². The minimum atomic E-state index is -4.34. The fourth-order valence-electron chi connectivity index (χ4n) is 3.77. The smallest absolute Gasteiger partial charge is 0.267 e. The number of amides is 1. The molecule has 1 N–H and O–H groups in total. The third kappa shape index (κ3) is 4.82. The molecule has 37 heavy (non-hydrogen) atoms. The number of nitrogens with zero attached hydrogens (tertiary/aromatic N) is 3. The number of benzene rings is 2. The van der Waals surface area contributed by atoms with Gasteiger partial charge in [-0.25, -0.2) is 34.9 Å². The van der Waals surface area contributed by atoms with Crippen molar-refractivity contribution in [2.24, 2.45) is 0 Å². The molecule has 5 rings (SSSR count). The van der Waals surface area contributed by atoms with Gasteiger partial charge in [0.15, 0.2) is 0 Å². The Morgan fingerprint density at radius 1 is 0.973 bits per heavy atom. The second-order valence-corrected chi connectivity index (χ2v) is 12.7. The Balaban J connectivity index is 1.40. The fourth-order valence-corrected chi connectivity index (χ4v) is 6.53. The zero-order valence-corrected chi connectivity index (χ0v) is 21.3. The Morgan fingerprint density at radius 3 is 2.49 bits per heavy atom. The molecule has 1 aliphatic heterocycles. The number of hydrogen-bond donors (Lipinski definition) is 1. The number of carbonyl (C=O) groups excluding carboxylic acids is 1. The van der Waals surface area contributed by atoms with E-state index in [1.807, 2.05) is 0 Å². The van der Waals surface area contributed by atoms with Crippen LogP contribution in [0.4, 0.5) is 14.5 Å². The van der Waals surface area contributed by atoms with Gasteiger partial charge in [-0.1, -0.05) is 6.07 Å². The van der Waals surface area contributed by atoms with E-state index in [0.717, 1.165) is 22.7 Å². The highest BCUT2D eigenvalue weighted by Crippen LogP contribution is 2.35. The van der Waals surface area contributed by atoms with E-state index in [9.17, 15) is 30.4 Å². The summed E-state index contributed by atoms with van der Waals surface area (Å²) in [6, 6.07) is 8.60. The number of carbonyl (C=O) groups is 1. The van der Waals surface area contributed by atoms with Crippen LogP contribution in [0.1, 0.15) is 15.9 Å². The minimum absolute atomic E-state index is 0.0557. The standard InChI is InChI=1S/C23H16F2N4O5S3/c1-36(31,32)29-12-15-6-13(2-4-18(15)23(29)30)22-27-11-20(35-22)14-7-17(10-26-9-14)28-37(33,34)21-5-3-16(24)8-19(21)25/h2-11,28H,12H2,1H3. The number of anilines is 1. The molecule has 3 heterocycles. The van der Waals surface area contributed by atoms with E-state index >= 15 is 0 Å². The first-order valence-corrected chi connectivity index (χ1v) is 14.6. The number of thiazole rings is 1. The average Bonchev–Trinajstić information content (AvgIpc) is 3.43. The van der Waals surface area contributed by atoms with Gasteiger partial charge in [-0.05, 0) is 35.9 Å². The molecule has 1 aliphatic rings. The first-order valence-electron chi connectivity index (χ1n) is 10.5. The second kappa shape index (κ2) is 8.97. The molecule has 9 nitrogen and oxygen atoms in total. The first kappa shape index (κ1) is 24.9. The van der Waals surface area contributed by atoms with E-state index in [1.54, 1.807) is 24.4 Å². The number of nitrogens with one attached hydrogen (secondary N) is 1. The maximum Gasteiger partial charge on any atom is 0.267 e. The molecule has 1 amide bonds. The molecular formula is C23H16F2N4O5S3. The number of aromatic nitrogens is 2. The van der Waals surface area contributed by atoms with Crippen LogP contribution in [-0.4, -0.2) is 43.3 Å². The van der Waals surface area contributed by atoms with Crippen molar-refractivity contribution in [1.82, 2.24) is 14.3 Å². The van der Waals surface area contributed by atoms with Crippen LogP contribution in [-0.2, 0) is 26.6 Å². The summed E-state index contributed by atoms with van der Waals surface area (Å²) >= 11 is 1.27. The molecule has 0 unspecified atom stereocenters. The largest absolute Gasteiger partial charge is 0.278 e. The van der Waals surface area contributed by atoms with Crippen molar-refractivity contribution in [3.8, 4) is 21.0 Å². The van der Waals surface area contributed by atoms with E-state index in [1.165, 1.54) is 29.8 Å². The van der Waals surface area contributed by atoms with Gasteiger partial charge in [-0.3, -0.25) is 14.5 Å². The molecule has 0 radical (unpaired) electrons. The predicted octanol–water partition coefficient (Wildman–Crippen LogP) is 3.87. The molecule has 14 heteroatoms. The van der Waals surface area contributed by atoms with E-state index in [0.29, 0.717) is 38.2 Å². The molecule has 2 aromatic carbocycles. The van der Waals surface area contributed by atoms with Crippen LogP contribution in [0.5, 0.6) is 0 Å². The van der Waals surface area contributed by atoms with Crippen molar-refractivity contribution < 1.29 is 30.4 Å². The Hall–Kier alpha value is -3.75. The van der Waals surface area contributed by atoms with Crippen molar-refractivity contribution in [3.05, 3.63) is 83.8 Å². The van der Waals surface area contributed by atoms with E-state index in [2.05, 4.69) is 14.7 Å². The van der Waals surface area contributed by atoms with Crippen LogP contribution in [0.3, 0.4) is 0 Å². The van der Waals surface area contributed by atoms with Crippen LogP contribution >= 0.6 is 11.3 Å². The van der Waals surface area contributed by atoms with Gasteiger partial charge in [-0.15, -0.1) is 11.3 Å². The van der Waals surface area contributed by atoms with Crippen molar-refractivity contribution in [2.45, 2.75) is 11.4 Å². The van der Waals surface area contributed by atoms with E-state index in [-0.39, 0.29) is 12.2 Å². The summed E-state index contributed by atoms with van der Waals surface area (Å²) in [6.45, 7) is -0.0557. The number of hydrogen-bond acceptors (Lipinski definition) is 8. The average molecular weight is 563 g/mol. The van der Waals surface area contributed by atoms with Crippen LogP contribution in [0.15, 0.2) is 66.0 Å². The molecule has 4 aromatic rings. The fraction of sp³-hybridized carbons (Fsp3) is 0.0870. The van der Waals surface area contributed by atoms with Gasteiger partial charge in [0.2, 0.25) is 10.0 Å². The van der Waals surface area contributed by atoms with Gasteiger partial charge in [0.25, 0.3) is 15.9 Å². The number of halogens is 2. The normalized spacial score (nSPS) is 13.6. The Labute approximate surface area is 214 Å². The molecule has 190 valence electrons. The lowest BCUT2D eigenvalue weighted by Gasteiger charge is -2.11. The molecule has 0 bridgehead atoms. The van der Waals surface area contributed by atoms with Crippen LogP contribution < -0.4 is 4.72 Å². The number of pyridine rings is 1. The van der Waals surface area contributed by atoms with Gasteiger partial charge in [0, 0.05) is 35.2 Å². The van der Waals surface area contributed by atoms with Gasteiger partial charge >= 0.3 is 0 Å². The zero-order chi connectivity index (χ0) is 26.5. The minimum Gasteiger partial charge on any atom is -0.278 e. The highest BCUT2D eigenvalue weighted by Gasteiger charge is 2.33. The highest BCUT2D eigenvalue weighted by molar-refractivity contribution is 7.92. The summed E-state index contributed by atoms with van der Waals surface area (Å²) in [4.78, 5) is 20.8. The second-order valence-electron chi connectivity index (χ2n) is 8.12. The third-order valence-electron chi connectivity index (χ3n) is 5.49. The number of fused-ring (bicyclic) bond motifs is 1.